The second-order valence-corrected chi connectivity index (χ2v) is 13.3. The zero-order chi connectivity index (χ0) is 31.0. The number of aromatic nitrogens is 3. The minimum Gasteiger partial charge on any atom is -0.310 e. The Morgan fingerprint density at radius 2 is 1.09 bits per heavy atom. The van der Waals surface area contributed by atoms with Gasteiger partial charge in [-0.05, 0) is 70.8 Å². The lowest BCUT2D eigenvalue weighted by atomic mass is 9.34. The highest BCUT2D eigenvalue weighted by Crippen LogP contribution is 2.40. The van der Waals surface area contributed by atoms with E-state index in [2.05, 4.69) is 167 Å². The molecule has 0 saturated carbocycles. The van der Waals surface area contributed by atoms with Crippen molar-refractivity contribution < 1.29 is 4.57 Å². The van der Waals surface area contributed by atoms with E-state index in [9.17, 15) is 0 Å². The molecule has 3 nitrogen and oxygen atoms in total. The molecule has 0 N–H and O–H groups in total. The van der Waals surface area contributed by atoms with E-state index in [1.807, 2.05) is 0 Å². The van der Waals surface area contributed by atoms with Crippen LogP contribution in [0.2, 0.25) is 0 Å². The summed E-state index contributed by atoms with van der Waals surface area (Å²) >= 11 is 0. The van der Waals surface area contributed by atoms with E-state index in [4.69, 9.17) is 0 Å². The minimum absolute atomic E-state index is 0.148. The Morgan fingerprint density at radius 1 is 0.532 bits per heavy atom. The summed E-state index contributed by atoms with van der Waals surface area (Å²) in [7, 11) is 2.17. The number of hydrogen-bond donors (Lipinski definition) is 0. The zero-order valence-electron chi connectivity index (χ0n) is 26.2. The summed E-state index contributed by atoms with van der Waals surface area (Å²) in [6.45, 7) is 2.34. The monoisotopic (exact) mass is 598 g/mol. The molecule has 9 aromatic rings. The Kier molecular flexibility index (Phi) is 4.80. The molecule has 5 heterocycles. The smallest absolute Gasteiger partial charge is 0.252 e. The van der Waals surface area contributed by atoms with Crippen LogP contribution in [0.5, 0.6) is 0 Å². The van der Waals surface area contributed by atoms with Crippen LogP contribution >= 0.6 is 0 Å². The predicted octanol–water partition coefficient (Wildman–Crippen LogP) is 7.49. The maximum atomic E-state index is 2.55. The van der Waals surface area contributed by atoms with E-state index in [1.54, 1.807) is 0 Å². The van der Waals surface area contributed by atoms with Crippen molar-refractivity contribution in [1.29, 1.82) is 0 Å². The molecule has 0 fully saturated rings. The van der Waals surface area contributed by atoms with Crippen LogP contribution in [-0.4, -0.2) is 15.8 Å². The summed E-state index contributed by atoms with van der Waals surface area (Å²) in [6, 6.07) is 49.8. The van der Waals surface area contributed by atoms with Crippen LogP contribution in [-0.2, 0) is 7.05 Å². The van der Waals surface area contributed by atoms with Gasteiger partial charge in [0.15, 0.2) is 6.20 Å². The van der Waals surface area contributed by atoms with Crippen molar-refractivity contribution in [3.8, 4) is 33.8 Å². The standard InChI is InChI=1S/C43H29BN3/c1-26-11-3-4-12-29(26)36-22-21-27(25-45(36)2)28-23-39-41-40(24-28)47-38-20-8-6-14-31(38)33-16-10-18-35(43(33)47)44(41)34-17-9-15-32-30-13-5-7-19-37(30)46(39)42(32)34/h3-25H,1-2H3/q+1. The molecule has 4 heteroatoms. The number of nitrogens with zero attached hydrogens (tertiary/aromatic N) is 3. The van der Waals surface area contributed by atoms with Gasteiger partial charge in [0, 0.05) is 61.1 Å². The van der Waals surface area contributed by atoms with Gasteiger partial charge in [0.1, 0.15) is 7.05 Å². The molecule has 218 valence electrons. The summed E-state index contributed by atoms with van der Waals surface area (Å²) in [6.07, 6.45) is 2.30. The first-order valence-electron chi connectivity index (χ1n) is 16.5. The lowest BCUT2D eigenvalue weighted by molar-refractivity contribution is -0.659. The molecule has 11 rings (SSSR count). The van der Waals surface area contributed by atoms with Crippen molar-refractivity contribution in [1.82, 2.24) is 9.13 Å². The Balaban J connectivity index is 1.29. The fourth-order valence-electron chi connectivity index (χ4n) is 8.91. The van der Waals surface area contributed by atoms with E-state index >= 15 is 0 Å². The normalized spacial score (nSPS) is 12.9. The first kappa shape index (κ1) is 25.3. The highest BCUT2D eigenvalue weighted by molar-refractivity contribution is 7.00. The van der Waals surface area contributed by atoms with Gasteiger partial charge in [0.05, 0.1) is 11.0 Å². The first-order chi connectivity index (χ1) is 23.2. The maximum absolute atomic E-state index is 2.55. The predicted molar refractivity (Wildman–Crippen MR) is 197 cm³/mol. The second kappa shape index (κ2) is 8.89. The lowest BCUT2D eigenvalue weighted by Crippen LogP contribution is -2.59. The molecule has 0 spiro atoms. The molecular weight excluding hydrogens is 569 g/mol. The Bertz CT molecular complexity index is 2690. The molecule has 0 unspecified atom stereocenters. The summed E-state index contributed by atoms with van der Waals surface area (Å²) in [4.78, 5) is 0. The van der Waals surface area contributed by atoms with E-state index in [0.717, 1.165) is 0 Å². The fraction of sp³-hybridized carbons (Fsp3) is 0.0465. The molecular formula is C43H29BN3+. The molecule has 2 aliphatic rings. The average molecular weight is 599 g/mol. The van der Waals surface area contributed by atoms with Crippen molar-refractivity contribution >= 4 is 66.7 Å². The topological polar surface area (TPSA) is 13.7 Å². The van der Waals surface area contributed by atoms with Crippen molar-refractivity contribution in [2.75, 3.05) is 0 Å². The molecule has 0 bridgehead atoms. The number of fused-ring (bicyclic) bond motifs is 10. The number of rotatable bonds is 2. The van der Waals surface area contributed by atoms with E-state index in [0.29, 0.717) is 0 Å². The highest BCUT2D eigenvalue weighted by atomic mass is 15.0. The van der Waals surface area contributed by atoms with Gasteiger partial charge in [-0.3, -0.25) is 0 Å². The van der Waals surface area contributed by atoms with Gasteiger partial charge < -0.3 is 9.13 Å². The van der Waals surface area contributed by atoms with Gasteiger partial charge >= 0.3 is 0 Å². The van der Waals surface area contributed by atoms with Crippen LogP contribution in [0.3, 0.4) is 0 Å². The summed E-state index contributed by atoms with van der Waals surface area (Å²) < 4.78 is 7.39. The van der Waals surface area contributed by atoms with Crippen molar-refractivity contribution in [2.45, 2.75) is 6.92 Å². The van der Waals surface area contributed by atoms with Gasteiger partial charge in [0.25, 0.3) is 6.71 Å². The minimum atomic E-state index is 0.148. The Morgan fingerprint density at radius 3 is 1.68 bits per heavy atom. The van der Waals surface area contributed by atoms with Crippen molar-refractivity contribution in [3.63, 3.8) is 0 Å². The van der Waals surface area contributed by atoms with E-state index < -0.39 is 0 Å². The van der Waals surface area contributed by atoms with Gasteiger partial charge in [-0.15, -0.1) is 0 Å². The molecule has 6 aromatic carbocycles. The Labute approximate surface area is 272 Å². The van der Waals surface area contributed by atoms with Crippen LogP contribution in [0.25, 0.3) is 77.4 Å². The van der Waals surface area contributed by atoms with E-state index in [1.165, 1.54) is 99.3 Å². The SMILES string of the molecule is Cc1ccccc1-c1ccc(-c2cc3c4c(c2)-n2c5ccccc5c5cccc(c52)B4c2cccc4c5ccccc5n-3c24)c[n+]1C. The third-order valence-electron chi connectivity index (χ3n) is 10.9. The molecule has 0 atom stereocenters. The van der Waals surface area contributed by atoms with Gasteiger partial charge in [-0.1, -0.05) is 91.0 Å². The van der Waals surface area contributed by atoms with Crippen molar-refractivity contribution in [2.24, 2.45) is 7.05 Å². The summed E-state index contributed by atoms with van der Waals surface area (Å²) in [5.41, 5.74) is 18.1. The maximum Gasteiger partial charge on any atom is 0.252 e. The van der Waals surface area contributed by atoms with Gasteiger partial charge in [-0.2, -0.15) is 0 Å². The molecule has 3 aromatic heterocycles. The molecule has 0 saturated heterocycles. The average Bonchev–Trinajstić information content (AvgIpc) is 3.63. The van der Waals surface area contributed by atoms with Crippen LogP contribution in [0.15, 0.2) is 140 Å². The highest BCUT2D eigenvalue weighted by Gasteiger charge is 2.40. The molecule has 0 aliphatic carbocycles. The molecule has 0 radical (unpaired) electrons. The van der Waals surface area contributed by atoms with Crippen LogP contribution in [0, 0.1) is 6.92 Å². The second-order valence-electron chi connectivity index (χ2n) is 13.3. The van der Waals surface area contributed by atoms with Gasteiger partial charge in [-0.25, -0.2) is 4.57 Å². The van der Waals surface area contributed by atoms with Crippen LogP contribution in [0.4, 0.5) is 0 Å². The number of benzene rings is 6. The quantitative estimate of drug-likeness (QED) is 0.145. The van der Waals surface area contributed by atoms with Crippen molar-refractivity contribution in [3.05, 3.63) is 145 Å². The zero-order valence-corrected chi connectivity index (χ0v) is 26.2. The third-order valence-corrected chi connectivity index (χ3v) is 10.9. The van der Waals surface area contributed by atoms with Gasteiger partial charge in [0.2, 0.25) is 5.69 Å². The first-order valence-corrected chi connectivity index (χ1v) is 16.5. The van der Waals surface area contributed by atoms with E-state index in [-0.39, 0.29) is 6.71 Å². The molecule has 2 aliphatic heterocycles. The number of hydrogen-bond acceptors (Lipinski definition) is 0. The van der Waals surface area contributed by atoms with Crippen LogP contribution < -0.4 is 21.0 Å². The lowest BCUT2D eigenvalue weighted by Gasteiger charge is -2.34. The number of para-hydroxylation sites is 4. The summed E-state index contributed by atoms with van der Waals surface area (Å²) in [5.74, 6) is 0. The number of pyridine rings is 1. The fourth-order valence-corrected chi connectivity index (χ4v) is 8.91. The molecule has 47 heavy (non-hydrogen) atoms. The number of aryl methyl sites for hydroxylation is 2. The largest absolute Gasteiger partial charge is 0.310 e. The van der Waals surface area contributed by atoms with Crippen LogP contribution in [0.1, 0.15) is 5.56 Å². The third kappa shape index (κ3) is 3.15. The summed E-state index contributed by atoms with van der Waals surface area (Å²) in [5, 5.41) is 5.25. The molecule has 0 amide bonds. The Hall–Kier alpha value is -5.87.